The van der Waals surface area contributed by atoms with E-state index in [-0.39, 0.29) is 30.2 Å². The highest BCUT2D eigenvalue weighted by atomic mass is 16.4. The second-order valence-electron chi connectivity index (χ2n) is 11.9. The van der Waals surface area contributed by atoms with Crippen molar-refractivity contribution < 1.29 is 19.5 Å². The van der Waals surface area contributed by atoms with Gasteiger partial charge in [-0.05, 0) is 94.3 Å². The maximum Gasteiger partial charge on any atom is 0.328 e. The van der Waals surface area contributed by atoms with Crippen LogP contribution in [-0.4, -0.2) is 71.5 Å². The Morgan fingerprint density at radius 2 is 1.95 bits per heavy atom. The van der Waals surface area contributed by atoms with Crippen LogP contribution in [0.25, 0.3) is 0 Å². The molecule has 5 aliphatic rings. The summed E-state index contributed by atoms with van der Waals surface area (Å²) in [6, 6.07) is 3.23. The highest BCUT2D eigenvalue weighted by molar-refractivity contribution is 5.86. The molecular formula is C29H43N5O4. The first-order valence-electron chi connectivity index (χ1n) is 14.7. The number of anilines is 1. The third-order valence-corrected chi connectivity index (χ3v) is 9.21. The molecule has 9 heteroatoms. The van der Waals surface area contributed by atoms with E-state index in [9.17, 15) is 19.5 Å². The Kier molecular flexibility index (Phi) is 8.82. The van der Waals surface area contributed by atoms with Crippen LogP contribution in [0.5, 0.6) is 0 Å². The summed E-state index contributed by atoms with van der Waals surface area (Å²) in [7, 11) is 0. The van der Waals surface area contributed by atoms with E-state index in [1.807, 2.05) is 0 Å². The molecule has 1 aromatic heterocycles. The number of carbonyl (C=O) groups is 3. The van der Waals surface area contributed by atoms with Gasteiger partial charge in [-0.25, -0.2) is 9.78 Å². The van der Waals surface area contributed by atoms with Crippen molar-refractivity contribution in [3.63, 3.8) is 0 Å². The van der Waals surface area contributed by atoms with E-state index in [2.05, 4.69) is 33.0 Å². The Morgan fingerprint density at radius 3 is 2.71 bits per heavy atom. The number of rotatable bonds is 10. The van der Waals surface area contributed by atoms with Gasteiger partial charge in [-0.2, -0.15) is 0 Å². The van der Waals surface area contributed by atoms with Crippen molar-refractivity contribution in [3.05, 3.63) is 23.4 Å². The predicted molar refractivity (Wildman–Crippen MR) is 145 cm³/mol. The number of pyridine rings is 1. The van der Waals surface area contributed by atoms with Gasteiger partial charge < -0.3 is 26.0 Å². The molecule has 2 bridgehead atoms. The Bertz CT molecular complexity index is 1010. The van der Waals surface area contributed by atoms with Crippen LogP contribution in [0.2, 0.25) is 0 Å². The van der Waals surface area contributed by atoms with Gasteiger partial charge >= 0.3 is 5.97 Å². The molecule has 3 atom stereocenters. The number of aromatic nitrogens is 1. The summed E-state index contributed by atoms with van der Waals surface area (Å²) in [5.41, 5.74) is 2.41. The van der Waals surface area contributed by atoms with Crippen molar-refractivity contribution in [1.29, 1.82) is 0 Å². The van der Waals surface area contributed by atoms with E-state index in [1.165, 1.54) is 18.4 Å². The second-order valence-corrected chi connectivity index (χ2v) is 11.9. The highest BCUT2D eigenvalue weighted by Crippen LogP contribution is 2.45. The molecule has 3 saturated carbocycles. The number of nitrogens with zero attached hydrogens (tertiary/aromatic N) is 2. The Balaban J connectivity index is 1.05. The minimum absolute atomic E-state index is 0.0742. The molecule has 6 rings (SSSR count). The molecule has 3 aliphatic carbocycles. The minimum atomic E-state index is -1.10. The fourth-order valence-electron chi connectivity index (χ4n) is 6.99. The second kappa shape index (κ2) is 12.5. The summed E-state index contributed by atoms with van der Waals surface area (Å²) in [6.45, 7) is 3.48. The summed E-state index contributed by atoms with van der Waals surface area (Å²) in [5.74, 6) is 0.384. The number of aryl methyl sites for hydroxylation is 2. The Morgan fingerprint density at radius 1 is 1.11 bits per heavy atom. The first-order valence-corrected chi connectivity index (χ1v) is 14.7. The first-order chi connectivity index (χ1) is 18.5. The molecule has 4 N–H and O–H groups in total. The number of fused-ring (bicyclic) bond motifs is 4. The van der Waals surface area contributed by atoms with Crippen LogP contribution in [-0.2, 0) is 27.2 Å². The molecule has 1 aromatic rings. The smallest absolute Gasteiger partial charge is 0.328 e. The zero-order chi connectivity index (χ0) is 26.5. The number of carbonyl (C=O) groups excluding carboxylic acids is 2. The molecule has 9 nitrogen and oxygen atoms in total. The molecule has 0 radical (unpaired) electrons. The number of amides is 2. The lowest BCUT2D eigenvalue weighted by Gasteiger charge is -2.41. The van der Waals surface area contributed by atoms with E-state index in [0.717, 1.165) is 88.9 Å². The lowest BCUT2D eigenvalue weighted by atomic mass is 9.64. The number of aliphatic carboxylic acids is 1. The molecule has 4 fully saturated rings. The van der Waals surface area contributed by atoms with Crippen molar-refractivity contribution in [2.24, 2.45) is 23.7 Å². The third-order valence-electron chi connectivity index (χ3n) is 9.21. The zero-order valence-electron chi connectivity index (χ0n) is 22.4. The molecule has 38 heavy (non-hydrogen) atoms. The van der Waals surface area contributed by atoms with Crippen molar-refractivity contribution in [1.82, 2.24) is 20.5 Å². The molecule has 0 unspecified atom stereocenters. The monoisotopic (exact) mass is 525 g/mol. The fourth-order valence-corrected chi connectivity index (χ4v) is 6.99. The van der Waals surface area contributed by atoms with Gasteiger partial charge in [0.2, 0.25) is 11.8 Å². The van der Waals surface area contributed by atoms with E-state index >= 15 is 0 Å². The lowest BCUT2D eigenvalue weighted by Crippen LogP contribution is -2.53. The van der Waals surface area contributed by atoms with Gasteiger partial charge in [-0.1, -0.05) is 18.9 Å². The number of piperidine rings is 1. The van der Waals surface area contributed by atoms with Crippen LogP contribution in [0.15, 0.2) is 12.1 Å². The molecule has 1 saturated heterocycles. The quantitative estimate of drug-likeness (QED) is 0.370. The average molecular weight is 526 g/mol. The van der Waals surface area contributed by atoms with E-state index < -0.39 is 12.0 Å². The summed E-state index contributed by atoms with van der Waals surface area (Å²) >= 11 is 0. The first kappa shape index (κ1) is 26.9. The Hall–Kier alpha value is -2.68. The molecule has 208 valence electrons. The van der Waals surface area contributed by atoms with E-state index in [4.69, 9.17) is 4.98 Å². The van der Waals surface area contributed by atoms with Gasteiger partial charge in [0.15, 0.2) is 0 Å². The van der Waals surface area contributed by atoms with Crippen LogP contribution in [0.1, 0.15) is 69.0 Å². The van der Waals surface area contributed by atoms with Gasteiger partial charge in [-0.3, -0.25) is 9.59 Å². The summed E-state index contributed by atoms with van der Waals surface area (Å²) in [4.78, 5) is 44.8. The number of nitrogens with one attached hydrogen (secondary N) is 3. The van der Waals surface area contributed by atoms with Gasteiger partial charge in [-0.15, -0.1) is 0 Å². The standard InChI is InChI=1S/C29H43N5O4/c35-27(31-17-25(29(37)38)33-28(36)24-16-19-7-9-20(24)10-8-19)22-5-2-14-34(18-22)15-3-6-23-12-11-21-4-1-13-30-26(21)32-23/h11-12,19-20,22,24-25H,1-10,13-18H2,(H,30,32)(H,31,35)(H,33,36)(H,37,38)/t19?,20?,22-,24-,25+/m1/s1. The van der Waals surface area contributed by atoms with Gasteiger partial charge in [0, 0.05) is 31.2 Å². The van der Waals surface area contributed by atoms with Crippen LogP contribution in [0, 0.1) is 23.7 Å². The summed E-state index contributed by atoms with van der Waals surface area (Å²) < 4.78 is 0. The average Bonchev–Trinajstić information content (AvgIpc) is 2.95. The molecule has 0 aromatic carbocycles. The van der Waals surface area contributed by atoms with Crippen LogP contribution >= 0.6 is 0 Å². The highest BCUT2D eigenvalue weighted by Gasteiger charge is 2.40. The number of carboxylic acid groups (broad SMARTS) is 1. The van der Waals surface area contributed by atoms with Crippen LogP contribution in [0.4, 0.5) is 5.82 Å². The molecule has 2 amide bonds. The van der Waals surface area contributed by atoms with Crippen molar-refractivity contribution in [2.75, 3.05) is 38.0 Å². The van der Waals surface area contributed by atoms with Crippen molar-refractivity contribution in [2.45, 2.75) is 76.7 Å². The fraction of sp³-hybridized carbons (Fsp3) is 0.724. The summed E-state index contributed by atoms with van der Waals surface area (Å²) in [5, 5.41) is 18.6. The Labute approximate surface area is 225 Å². The van der Waals surface area contributed by atoms with Gasteiger partial charge in [0.05, 0.1) is 5.92 Å². The van der Waals surface area contributed by atoms with Crippen molar-refractivity contribution in [3.8, 4) is 0 Å². The van der Waals surface area contributed by atoms with Crippen LogP contribution < -0.4 is 16.0 Å². The number of hydrogen-bond donors (Lipinski definition) is 4. The molecule has 3 heterocycles. The van der Waals surface area contributed by atoms with E-state index in [0.29, 0.717) is 18.4 Å². The van der Waals surface area contributed by atoms with Crippen molar-refractivity contribution >= 4 is 23.6 Å². The maximum absolute atomic E-state index is 12.9. The molecular weight excluding hydrogens is 482 g/mol. The van der Waals surface area contributed by atoms with Gasteiger partial charge in [0.1, 0.15) is 11.9 Å². The SMILES string of the molecule is O=C(NC[C@H](NC(=O)[C@@H]1CC2CCC1CC2)C(=O)O)[C@@H]1CCCN(CCCc2ccc3c(n2)NCCC3)C1. The topological polar surface area (TPSA) is 124 Å². The largest absolute Gasteiger partial charge is 0.480 e. The summed E-state index contributed by atoms with van der Waals surface area (Å²) in [6.07, 6.45) is 11.3. The molecule has 0 spiro atoms. The minimum Gasteiger partial charge on any atom is -0.480 e. The molecule has 2 aliphatic heterocycles. The zero-order valence-corrected chi connectivity index (χ0v) is 22.4. The number of hydrogen-bond acceptors (Lipinski definition) is 6. The number of carboxylic acids is 1. The number of likely N-dealkylation sites (tertiary alicyclic amines) is 1. The lowest BCUT2D eigenvalue weighted by molar-refractivity contribution is -0.143. The van der Waals surface area contributed by atoms with Crippen LogP contribution in [0.3, 0.4) is 0 Å². The van der Waals surface area contributed by atoms with Gasteiger partial charge in [0.25, 0.3) is 0 Å². The van der Waals surface area contributed by atoms with E-state index in [1.54, 1.807) is 0 Å². The predicted octanol–water partition coefficient (Wildman–Crippen LogP) is 2.60. The maximum atomic E-state index is 12.9. The third kappa shape index (κ3) is 6.65. The normalized spacial score (nSPS) is 27.6.